The van der Waals surface area contributed by atoms with Crippen molar-refractivity contribution in [3.8, 4) is 0 Å². The fourth-order valence-electron chi connectivity index (χ4n) is 4.48. The number of carbonyl (C=O) groups excluding carboxylic acids is 2. The second-order valence-corrected chi connectivity index (χ2v) is 7.55. The lowest BCUT2D eigenvalue weighted by molar-refractivity contribution is -0.146. The number of aromatic nitrogens is 2. The molecule has 4 heterocycles. The Morgan fingerprint density at radius 1 is 1.12 bits per heavy atom. The predicted molar refractivity (Wildman–Crippen MR) is 94.1 cm³/mol. The average Bonchev–Trinajstić information content (AvgIpc) is 3.37. The molecule has 3 saturated heterocycles. The summed E-state index contributed by atoms with van der Waals surface area (Å²) in [5.74, 6) is 0.451. The van der Waals surface area contributed by atoms with Gasteiger partial charge < -0.3 is 14.5 Å². The standard InChI is InChI=1S/C19H26N4O3/c24-18(4-3-14-9-20-13-21-10-14)23-11-16(15-5-8-26-17(15)12-23)19(25)22-6-1-2-7-22/h9-10,13,15-17H,1-8,11-12H2/t15-,16-,17+/m0/s1. The van der Waals surface area contributed by atoms with Crippen molar-refractivity contribution in [2.24, 2.45) is 11.8 Å². The van der Waals surface area contributed by atoms with Gasteiger partial charge in [0.15, 0.2) is 0 Å². The average molecular weight is 358 g/mol. The van der Waals surface area contributed by atoms with Crippen LogP contribution in [0.1, 0.15) is 31.2 Å². The van der Waals surface area contributed by atoms with Gasteiger partial charge in [0.2, 0.25) is 11.8 Å². The van der Waals surface area contributed by atoms with Crippen molar-refractivity contribution in [3.05, 3.63) is 24.3 Å². The third-order valence-corrected chi connectivity index (χ3v) is 5.92. The molecule has 0 spiro atoms. The van der Waals surface area contributed by atoms with Crippen molar-refractivity contribution >= 4 is 11.8 Å². The summed E-state index contributed by atoms with van der Waals surface area (Å²) in [6, 6.07) is 0. The first-order valence-corrected chi connectivity index (χ1v) is 9.64. The largest absolute Gasteiger partial charge is 0.376 e. The highest BCUT2D eigenvalue weighted by Crippen LogP contribution is 2.35. The maximum atomic E-state index is 13.0. The predicted octanol–water partition coefficient (Wildman–Crippen LogP) is 0.895. The molecule has 0 radical (unpaired) electrons. The Morgan fingerprint density at radius 3 is 2.65 bits per heavy atom. The van der Waals surface area contributed by atoms with Crippen LogP contribution in [-0.2, 0) is 20.7 Å². The Labute approximate surface area is 153 Å². The number of amides is 2. The highest BCUT2D eigenvalue weighted by atomic mass is 16.5. The fraction of sp³-hybridized carbons (Fsp3) is 0.684. The SMILES string of the molecule is O=C(CCc1cncnc1)N1C[C@H](C(=O)N2CCCC2)[C@@H]2CCO[C@@H]2C1. The molecule has 3 aliphatic heterocycles. The molecule has 0 aliphatic carbocycles. The van der Waals surface area contributed by atoms with Crippen LogP contribution in [0.5, 0.6) is 0 Å². The second-order valence-electron chi connectivity index (χ2n) is 7.55. The van der Waals surface area contributed by atoms with Gasteiger partial charge in [-0.2, -0.15) is 0 Å². The van der Waals surface area contributed by atoms with E-state index in [2.05, 4.69) is 9.97 Å². The first-order valence-electron chi connectivity index (χ1n) is 9.64. The van der Waals surface area contributed by atoms with Crippen LogP contribution >= 0.6 is 0 Å². The van der Waals surface area contributed by atoms with E-state index < -0.39 is 0 Å². The van der Waals surface area contributed by atoms with Gasteiger partial charge in [0.25, 0.3) is 0 Å². The smallest absolute Gasteiger partial charge is 0.227 e. The van der Waals surface area contributed by atoms with Gasteiger partial charge in [-0.15, -0.1) is 0 Å². The lowest BCUT2D eigenvalue weighted by Crippen LogP contribution is -2.54. The highest BCUT2D eigenvalue weighted by molar-refractivity contribution is 5.82. The Balaban J connectivity index is 1.41. The Morgan fingerprint density at radius 2 is 1.88 bits per heavy atom. The molecule has 1 aromatic rings. The summed E-state index contributed by atoms with van der Waals surface area (Å²) < 4.78 is 5.86. The first-order chi connectivity index (χ1) is 12.7. The van der Waals surface area contributed by atoms with Crippen LogP contribution in [0, 0.1) is 11.8 Å². The number of likely N-dealkylation sites (tertiary alicyclic amines) is 2. The number of hydrogen-bond acceptors (Lipinski definition) is 5. The minimum atomic E-state index is -0.113. The number of aryl methyl sites for hydroxylation is 1. The molecule has 0 saturated carbocycles. The van der Waals surface area contributed by atoms with Crippen LogP contribution in [0.2, 0.25) is 0 Å². The van der Waals surface area contributed by atoms with E-state index in [1.807, 2.05) is 9.80 Å². The minimum Gasteiger partial charge on any atom is -0.376 e. The van der Waals surface area contributed by atoms with Crippen molar-refractivity contribution < 1.29 is 14.3 Å². The number of fused-ring (bicyclic) bond motifs is 1. The summed E-state index contributed by atoms with van der Waals surface area (Å²) in [5, 5.41) is 0. The van der Waals surface area contributed by atoms with E-state index in [9.17, 15) is 9.59 Å². The maximum Gasteiger partial charge on any atom is 0.227 e. The van der Waals surface area contributed by atoms with Gasteiger partial charge in [0, 0.05) is 57.5 Å². The van der Waals surface area contributed by atoms with E-state index in [0.29, 0.717) is 32.5 Å². The van der Waals surface area contributed by atoms with Crippen LogP contribution < -0.4 is 0 Å². The normalized spacial score (nSPS) is 28.2. The molecular formula is C19H26N4O3. The van der Waals surface area contributed by atoms with Gasteiger partial charge in [-0.3, -0.25) is 9.59 Å². The van der Waals surface area contributed by atoms with Gasteiger partial charge in [0.05, 0.1) is 12.0 Å². The molecule has 7 nitrogen and oxygen atoms in total. The summed E-state index contributed by atoms with van der Waals surface area (Å²) in [7, 11) is 0. The quantitative estimate of drug-likeness (QED) is 0.799. The molecular weight excluding hydrogens is 332 g/mol. The minimum absolute atomic E-state index is 0.00399. The van der Waals surface area contributed by atoms with Crippen LogP contribution in [0.25, 0.3) is 0 Å². The summed E-state index contributed by atoms with van der Waals surface area (Å²) in [5.41, 5.74) is 0.956. The number of rotatable bonds is 4. The lowest BCUT2D eigenvalue weighted by Gasteiger charge is -2.40. The molecule has 2 amide bonds. The van der Waals surface area contributed by atoms with Crippen molar-refractivity contribution in [3.63, 3.8) is 0 Å². The number of piperidine rings is 1. The first kappa shape index (κ1) is 17.4. The number of hydrogen-bond donors (Lipinski definition) is 0. The molecule has 0 aromatic carbocycles. The van der Waals surface area contributed by atoms with E-state index in [4.69, 9.17) is 4.74 Å². The van der Waals surface area contributed by atoms with Crippen LogP contribution in [0.3, 0.4) is 0 Å². The molecule has 1 aromatic heterocycles. The number of nitrogens with zero attached hydrogens (tertiary/aromatic N) is 4. The molecule has 26 heavy (non-hydrogen) atoms. The molecule has 3 atom stereocenters. The molecule has 0 bridgehead atoms. The molecule has 140 valence electrons. The van der Waals surface area contributed by atoms with Crippen molar-refractivity contribution in [1.82, 2.24) is 19.8 Å². The van der Waals surface area contributed by atoms with E-state index in [0.717, 1.165) is 37.9 Å². The Kier molecular flexibility index (Phi) is 5.15. The number of carbonyl (C=O) groups is 2. The summed E-state index contributed by atoms with van der Waals surface area (Å²) in [4.78, 5) is 37.6. The number of ether oxygens (including phenoxy) is 1. The van der Waals surface area contributed by atoms with Crippen LogP contribution in [0.4, 0.5) is 0 Å². The highest BCUT2D eigenvalue weighted by Gasteiger charge is 2.46. The molecule has 0 N–H and O–H groups in total. The Bertz CT molecular complexity index is 647. The summed E-state index contributed by atoms with van der Waals surface area (Å²) in [6.07, 6.45) is 9.12. The van der Waals surface area contributed by atoms with Gasteiger partial charge >= 0.3 is 0 Å². The van der Waals surface area contributed by atoms with E-state index in [-0.39, 0.29) is 29.8 Å². The van der Waals surface area contributed by atoms with E-state index in [1.165, 1.54) is 6.33 Å². The van der Waals surface area contributed by atoms with Crippen LogP contribution in [0.15, 0.2) is 18.7 Å². The third-order valence-electron chi connectivity index (χ3n) is 5.92. The summed E-state index contributed by atoms with van der Waals surface area (Å²) >= 11 is 0. The van der Waals surface area contributed by atoms with Gasteiger partial charge in [-0.25, -0.2) is 9.97 Å². The third kappa shape index (κ3) is 3.58. The van der Waals surface area contributed by atoms with Crippen molar-refractivity contribution in [1.29, 1.82) is 0 Å². The zero-order valence-corrected chi connectivity index (χ0v) is 15.0. The summed E-state index contributed by atoms with van der Waals surface area (Å²) in [6.45, 7) is 3.55. The zero-order valence-electron chi connectivity index (χ0n) is 15.0. The molecule has 3 fully saturated rings. The van der Waals surface area contributed by atoms with Gasteiger partial charge in [-0.1, -0.05) is 0 Å². The van der Waals surface area contributed by atoms with Crippen LogP contribution in [-0.4, -0.2) is 70.5 Å². The molecule has 0 unspecified atom stereocenters. The second kappa shape index (κ2) is 7.70. The van der Waals surface area contributed by atoms with E-state index in [1.54, 1.807) is 12.4 Å². The molecule has 4 rings (SSSR count). The topological polar surface area (TPSA) is 75.6 Å². The fourth-order valence-corrected chi connectivity index (χ4v) is 4.48. The zero-order chi connectivity index (χ0) is 17.9. The van der Waals surface area contributed by atoms with Crippen molar-refractivity contribution in [2.75, 3.05) is 32.8 Å². The van der Waals surface area contributed by atoms with E-state index >= 15 is 0 Å². The van der Waals surface area contributed by atoms with Crippen molar-refractivity contribution in [2.45, 2.75) is 38.2 Å². The van der Waals surface area contributed by atoms with Gasteiger partial charge in [0.1, 0.15) is 6.33 Å². The molecule has 3 aliphatic rings. The lowest BCUT2D eigenvalue weighted by atomic mass is 9.81. The Hall–Kier alpha value is -2.02. The maximum absolute atomic E-state index is 13.0. The van der Waals surface area contributed by atoms with Gasteiger partial charge in [-0.05, 0) is 31.2 Å². The monoisotopic (exact) mass is 358 g/mol. The molecule has 7 heteroatoms.